The van der Waals surface area contributed by atoms with Gasteiger partial charge in [0.25, 0.3) is 5.91 Å². The molecule has 2 aliphatic rings. The number of nitrogens with zero attached hydrogens (tertiary/aromatic N) is 1. The molecule has 8 heteroatoms. The zero-order chi connectivity index (χ0) is 26.0. The first-order valence-corrected chi connectivity index (χ1v) is 13.2. The Hall–Kier alpha value is -3.39. The molecular formula is C29H37N3O5. The SMILES string of the molecule is COC(=O)C1CCC(NC(=O)c2ccc(N(CC3CCNCC3)C(=O)OCc3ccccc3)cc2)CC1. The monoisotopic (exact) mass is 507 g/mol. The molecule has 2 N–H and O–H groups in total. The third-order valence-corrected chi connectivity index (χ3v) is 7.36. The van der Waals surface area contributed by atoms with E-state index in [4.69, 9.17) is 9.47 Å². The summed E-state index contributed by atoms with van der Waals surface area (Å²) in [4.78, 5) is 39.4. The van der Waals surface area contributed by atoms with Crippen molar-refractivity contribution in [3.8, 4) is 0 Å². The molecule has 0 unspecified atom stereocenters. The highest BCUT2D eigenvalue weighted by Crippen LogP contribution is 2.26. The van der Waals surface area contributed by atoms with Gasteiger partial charge >= 0.3 is 12.1 Å². The van der Waals surface area contributed by atoms with Crippen molar-refractivity contribution in [2.24, 2.45) is 11.8 Å². The fourth-order valence-corrected chi connectivity index (χ4v) is 5.11. The maximum atomic E-state index is 13.1. The highest BCUT2D eigenvalue weighted by molar-refractivity contribution is 5.95. The molecule has 1 saturated heterocycles. The molecule has 0 aromatic heterocycles. The Morgan fingerprint density at radius 2 is 1.59 bits per heavy atom. The average molecular weight is 508 g/mol. The van der Waals surface area contributed by atoms with Crippen molar-refractivity contribution >= 4 is 23.7 Å². The Kier molecular flexibility index (Phi) is 9.54. The van der Waals surface area contributed by atoms with E-state index < -0.39 is 0 Å². The van der Waals surface area contributed by atoms with E-state index in [1.807, 2.05) is 42.5 Å². The van der Waals surface area contributed by atoms with Crippen LogP contribution in [0.2, 0.25) is 0 Å². The number of anilines is 1. The fourth-order valence-electron chi connectivity index (χ4n) is 5.11. The molecule has 0 radical (unpaired) electrons. The van der Waals surface area contributed by atoms with Crippen molar-refractivity contribution in [1.82, 2.24) is 10.6 Å². The number of amides is 2. The summed E-state index contributed by atoms with van der Waals surface area (Å²) in [7, 11) is 1.41. The van der Waals surface area contributed by atoms with E-state index in [9.17, 15) is 14.4 Å². The van der Waals surface area contributed by atoms with Crippen LogP contribution < -0.4 is 15.5 Å². The lowest BCUT2D eigenvalue weighted by Gasteiger charge is -2.30. The van der Waals surface area contributed by atoms with Crippen LogP contribution in [-0.4, -0.2) is 50.8 Å². The van der Waals surface area contributed by atoms with Gasteiger partial charge in [-0.15, -0.1) is 0 Å². The summed E-state index contributed by atoms with van der Waals surface area (Å²) in [6.07, 6.45) is 4.55. The number of methoxy groups -OCH3 is 1. The molecule has 2 aromatic rings. The Morgan fingerprint density at radius 3 is 2.24 bits per heavy atom. The molecule has 2 aromatic carbocycles. The van der Waals surface area contributed by atoms with Crippen LogP contribution in [0.3, 0.4) is 0 Å². The number of nitrogens with one attached hydrogen (secondary N) is 2. The zero-order valence-corrected chi connectivity index (χ0v) is 21.5. The number of carbonyl (C=O) groups excluding carboxylic acids is 3. The van der Waals surface area contributed by atoms with E-state index >= 15 is 0 Å². The number of ether oxygens (including phenoxy) is 2. The van der Waals surface area contributed by atoms with Crippen molar-refractivity contribution in [3.63, 3.8) is 0 Å². The van der Waals surface area contributed by atoms with Gasteiger partial charge in [-0.2, -0.15) is 0 Å². The van der Waals surface area contributed by atoms with Gasteiger partial charge in [0.2, 0.25) is 0 Å². The topological polar surface area (TPSA) is 97.0 Å². The van der Waals surface area contributed by atoms with Gasteiger partial charge in [-0.05, 0) is 87.4 Å². The number of carbonyl (C=O) groups is 3. The van der Waals surface area contributed by atoms with Gasteiger partial charge < -0.3 is 20.1 Å². The molecule has 2 amide bonds. The number of rotatable bonds is 8. The fraction of sp³-hybridized carbons (Fsp3) is 0.483. The first kappa shape index (κ1) is 26.7. The maximum absolute atomic E-state index is 13.1. The molecule has 1 heterocycles. The number of benzene rings is 2. The molecule has 0 bridgehead atoms. The van der Waals surface area contributed by atoms with Crippen LogP contribution in [-0.2, 0) is 20.9 Å². The lowest BCUT2D eigenvalue weighted by Crippen LogP contribution is -2.40. The van der Waals surface area contributed by atoms with Crippen molar-refractivity contribution in [2.75, 3.05) is 31.6 Å². The Morgan fingerprint density at radius 1 is 0.919 bits per heavy atom. The van der Waals surface area contributed by atoms with E-state index in [-0.39, 0.29) is 36.5 Å². The molecule has 4 rings (SSSR count). The summed E-state index contributed by atoms with van der Waals surface area (Å²) < 4.78 is 10.5. The molecule has 1 aliphatic carbocycles. The normalized spacial score (nSPS) is 20.0. The molecule has 0 atom stereocenters. The van der Waals surface area contributed by atoms with E-state index in [1.165, 1.54) is 7.11 Å². The second-order valence-corrected chi connectivity index (χ2v) is 9.94. The smallest absolute Gasteiger partial charge is 0.414 e. The van der Waals surface area contributed by atoms with Crippen LogP contribution in [0.5, 0.6) is 0 Å². The summed E-state index contributed by atoms with van der Waals surface area (Å²) in [6.45, 7) is 2.67. The van der Waals surface area contributed by atoms with Crippen molar-refractivity contribution in [3.05, 3.63) is 65.7 Å². The Bertz CT molecular complexity index is 1030. The maximum Gasteiger partial charge on any atom is 0.414 e. The van der Waals surface area contributed by atoms with Gasteiger partial charge in [0.1, 0.15) is 6.61 Å². The van der Waals surface area contributed by atoms with Crippen LogP contribution in [0, 0.1) is 11.8 Å². The summed E-state index contributed by atoms with van der Waals surface area (Å²) in [5, 5.41) is 6.45. The molecule has 1 saturated carbocycles. The predicted octanol–water partition coefficient (Wildman–Crippen LogP) is 4.29. The summed E-state index contributed by atoms with van der Waals surface area (Å²) >= 11 is 0. The highest BCUT2D eigenvalue weighted by Gasteiger charge is 2.28. The Labute approximate surface area is 218 Å². The van der Waals surface area contributed by atoms with Crippen molar-refractivity contribution in [1.29, 1.82) is 0 Å². The predicted molar refractivity (Wildman–Crippen MR) is 141 cm³/mol. The molecule has 1 aliphatic heterocycles. The van der Waals surface area contributed by atoms with Crippen LogP contribution in [0.1, 0.15) is 54.4 Å². The largest absolute Gasteiger partial charge is 0.469 e. The van der Waals surface area contributed by atoms with E-state index in [1.54, 1.807) is 17.0 Å². The van der Waals surface area contributed by atoms with Gasteiger partial charge in [-0.3, -0.25) is 14.5 Å². The number of esters is 1. The second-order valence-electron chi connectivity index (χ2n) is 9.94. The van der Waals surface area contributed by atoms with Crippen LogP contribution in [0.25, 0.3) is 0 Å². The standard InChI is InChI=1S/C29H37N3O5/c1-36-28(34)24-7-11-25(12-8-24)31-27(33)23-9-13-26(14-10-23)32(19-21-15-17-30-18-16-21)29(35)37-20-22-5-3-2-4-6-22/h2-6,9-10,13-14,21,24-25,30H,7-8,11-12,15-20H2,1H3,(H,31,33). The first-order valence-electron chi connectivity index (χ1n) is 13.2. The van der Waals surface area contributed by atoms with Crippen molar-refractivity contribution < 1.29 is 23.9 Å². The summed E-state index contributed by atoms with van der Waals surface area (Å²) in [5.74, 6) is -0.0139. The van der Waals surface area contributed by atoms with Gasteiger partial charge in [0.05, 0.1) is 13.0 Å². The van der Waals surface area contributed by atoms with Gasteiger partial charge in [-0.25, -0.2) is 4.79 Å². The Balaban J connectivity index is 1.38. The van der Waals surface area contributed by atoms with Gasteiger partial charge in [0.15, 0.2) is 0 Å². The lowest BCUT2D eigenvalue weighted by atomic mass is 9.86. The molecule has 8 nitrogen and oxygen atoms in total. The third-order valence-electron chi connectivity index (χ3n) is 7.36. The van der Waals surface area contributed by atoms with E-state index in [0.717, 1.165) is 44.3 Å². The number of hydrogen-bond donors (Lipinski definition) is 2. The molecule has 37 heavy (non-hydrogen) atoms. The minimum atomic E-state index is -0.387. The second kappa shape index (κ2) is 13.2. The average Bonchev–Trinajstić information content (AvgIpc) is 2.96. The minimum absolute atomic E-state index is 0.0393. The first-order chi connectivity index (χ1) is 18.0. The summed E-state index contributed by atoms with van der Waals surface area (Å²) in [6, 6.07) is 16.8. The summed E-state index contributed by atoms with van der Waals surface area (Å²) in [5.41, 5.74) is 2.19. The van der Waals surface area contributed by atoms with Crippen LogP contribution in [0.15, 0.2) is 54.6 Å². The number of piperidine rings is 1. The van der Waals surface area contributed by atoms with E-state index in [2.05, 4.69) is 10.6 Å². The third kappa shape index (κ3) is 7.55. The lowest BCUT2D eigenvalue weighted by molar-refractivity contribution is -0.146. The van der Waals surface area contributed by atoms with Crippen molar-refractivity contribution in [2.45, 2.75) is 51.2 Å². The zero-order valence-electron chi connectivity index (χ0n) is 21.5. The molecule has 0 spiro atoms. The molecule has 198 valence electrons. The highest BCUT2D eigenvalue weighted by atomic mass is 16.6. The molecule has 2 fully saturated rings. The number of hydrogen-bond acceptors (Lipinski definition) is 6. The quantitative estimate of drug-likeness (QED) is 0.518. The minimum Gasteiger partial charge on any atom is -0.469 e. The molecular weight excluding hydrogens is 470 g/mol. The van der Waals surface area contributed by atoms with Gasteiger partial charge in [-0.1, -0.05) is 30.3 Å². The van der Waals surface area contributed by atoms with Crippen LogP contribution in [0.4, 0.5) is 10.5 Å². The van der Waals surface area contributed by atoms with E-state index in [0.29, 0.717) is 36.6 Å². The van der Waals surface area contributed by atoms with Crippen LogP contribution >= 0.6 is 0 Å². The van der Waals surface area contributed by atoms with Gasteiger partial charge in [0, 0.05) is 23.8 Å².